The molecule has 2 atom stereocenters. The van der Waals surface area contributed by atoms with Crippen LogP contribution in [-0.2, 0) is 15.5 Å². The molecular formula is C7H14F3NO2S. The van der Waals surface area contributed by atoms with Crippen molar-refractivity contribution in [1.29, 1.82) is 0 Å². The van der Waals surface area contributed by atoms with Gasteiger partial charge in [-0.15, -0.1) is 0 Å². The zero-order valence-electron chi connectivity index (χ0n) is 7.84. The van der Waals surface area contributed by atoms with E-state index in [1.165, 1.54) is 0 Å². The Balaban J connectivity index is 3.64. The van der Waals surface area contributed by atoms with Crippen LogP contribution in [0, 0.1) is 0 Å². The second-order valence-electron chi connectivity index (χ2n) is 2.85. The van der Waals surface area contributed by atoms with Gasteiger partial charge in [0.2, 0.25) is 0 Å². The van der Waals surface area contributed by atoms with Crippen molar-refractivity contribution < 1.29 is 22.1 Å². The minimum Gasteiger partial charge on any atom is -0.359 e. The second-order valence-corrected chi connectivity index (χ2v) is 4.65. The lowest BCUT2D eigenvalue weighted by molar-refractivity contribution is -0.169. The molecule has 0 spiro atoms. The van der Waals surface area contributed by atoms with Gasteiger partial charge in [0.05, 0.1) is 10.8 Å². The molecule has 0 aromatic carbocycles. The first-order chi connectivity index (χ1) is 6.37. The molecule has 0 saturated heterocycles. The molecule has 0 rings (SSSR count). The van der Waals surface area contributed by atoms with Crippen molar-refractivity contribution in [2.45, 2.75) is 24.8 Å². The lowest BCUT2D eigenvalue weighted by Gasteiger charge is -2.11. The Morgan fingerprint density at radius 2 is 2.07 bits per heavy atom. The van der Waals surface area contributed by atoms with Gasteiger partial charge >= 0.3 is 6.18 Å². The third-order valence-electron chi connectivity index (χ3n) is 1.49. The molecule has 2 unspecified atom stereocenters. The molecule has 14 heavy (non-hydrogen) atoms. The highest BCUT2D eigenvalue weighted by Crippen LogP contribution is 2.14. The van der Waals surface area contributed by atoms with E-state index in [0.29, 0.717) is 13.0 Å². The molecule has 0 bridgehead atoms. The fourth-order valence-corrected chi connectivity index (χ4v) is 1.60. The Kier molecular flexibility index (Phi) is 6.30. The van der Waals surface area contributed by atoms with Crippen molar-refractivity contribution in [2.75, 3.05) is 19.1 Å². The number of alkyl halides is 3. The van der Waals surface area contributed by atoms with E-state index in [4.69, 9.17) is 5.73 Å². The number of rotatable bonds is 6. The van der Waals surface area contributed by atoms with Gasteiger partial charge in [0.25, 0.3) is 0 Å². The predicted octanol–water partition coefficient (Wildman–Crippen LogP) is 1.01. The molecule has 0 aliphatic carbocycles. The first-order valence-corrected chi connectivity index (χ1v) is 5.46. The largest absolute Gasteiger partial charge is 0.411 e. The Labute approximate surface area is 83.3 Å². The van der Waals surface area contributed by atoms with Crippen LogP contribution in [0.3, 0.4) is 0 Å². The maximum Gasteiger partial charge on any atom is 0.411 e. The molecule has 3 nitrogen and oxygen atoms in total. The minimum atomic E-state index is -4.36. The topological polar surface area (TPSA) is 52.3 Å². The van der Waals surface area contributed by atoms with Crippen molar-refractivity contribution in [1.82, 2.24) is 0 Å². The standard InChI is InChI=1S/C7H14F3NO2S/c1-6(2-3-11)14(12)5-13-4-7(8,9)10/h6H,2-5,11H2,1H3. The summed E-state index contributed by atoms with van der Waals surface area (Å²) in [6.07, 6.45) is -3.84. The molecule has 0 aromatic heterocycles. The molecule has 0 aliphatic heterocycles. The van der Waals surface area contributed by atoms with E-state index in [0.717, 1.165) is 0 Å². The number of nitrogens with two attached hydrogens (primary N) is 1. The molecule has 0 saturated carbocycles. The molecule has 86 valence electrons. The summed E-state index contributed by atoms with van der Waals surface area (Å²) < 4.78 is 50.3. The maximum atomic E-state index is 11.6. The van der Waals surface area contributed by atoms with Gasteiger partial charge in [0.15, 0.2) is 0 Å². The van der Waals surface area contributed by atoms with Crippen LogP contribution in [0.15, 0.2) is 0 Å². The van der Waals surface area contributed by atoms with Crippen LogP contribution < -0.4 is 5.73 Å². The van der Waals surface area contributed by atoms with E-state index in [1.54, 1.807) is 6.92 Å². The highest BCUT2D eigenvalue weighted by Gasteiger charge is 2.27. The van der Waals surface area contributed by atoms with E-state index in [2.05, 4.69) is 4.74 Å². The Morgan fingerprint density at radius 3 is 2.50 bits per heavy atom. The van der Waals surface area contributed by atoms with Crippen LogP contribution in [0.4, 0.5) is 13.2 Å². The van der Waals surface area contributed by atoms with Crippen molar-refractivity contribution in [2.24, 2.45) is 5.73 Å². The van der Waals surface area contributed by atoms with Gasteiger partial charge in [-0.1, -0.05) is 6.92 Å². The Morgan fingerprint density at radius 1 is 1.50 bits per heavy atom. The van der Waals surface area contributed by atoms with Gasteiger partial charge in [-0.25, -0.2) is 0 Å². The molecule has 0 radical (unpaired) electrons. The third-order valence-corrected chi connectivity index (χ3v) is 3.02. The van der Waals surface area contributed by atoms with E-state index < -0.39 is 23.6 Å². The number of hydrogen-bond acceptors (Lipinski definition) is 3. The molecule has 0 aromatic rings. The summed E-state index contributed by atoms with van der Waals surface area (Å²) in [4.78, 5) is 0. The number of halogens is 3. The molecule has 0 aliphatic rings. The van der Waals surface area contributed by atoms with Gasteiger partial charge in [-0.05, 0) is 13.0 Å². The summed E-state index contributed by atoms with van der Waals surface area (Å²) in [7, 11) is -1.40. The molecule has 0 amide bonds. The van der Waals surface area contributed by atoms with Crippen LogP contribution in [-0.4, -0.2) is 34.7 Å². The van der Waals surface area contributed by atoms with E-state index in [-0.39, 0.29) is 11.2 Å². The molecule has 0 fully saturated rings. The first kappa shape index (κ1) is 13.9. The van der Waals surface area contributed by atoms with Gasteiger partial charge < -0.3 is 10.5 Å². The van der Waals surface area contributed by atoms with Crippen LogP contribution in [0.2, 0.25) is 0 Å². The highest BCUT2D eigenvalue weighted by atomic mass is 32.2. The summed E-state index contributed by atoms with van der Waals surface area (Å²) in [5.41, 5.74) is 5.21. The zero-order valence-corrected chi connectivity index (χ0v) is 8.66. The average Bonchev–Trinajstić information content (AvgIpc) is 2.02. The average molecular weight is 233 g/mol. The SMILES string of the molecule is CC(CCN)S(=O)COCC(F)(F)F. The van der Waals surface area contributed by atoms with E-state index in [1.807, 2.05) is 0 Å². The number of hydrogen-bond donors (Lipinski definition) is 1. The highest BCUT2D eigenvalue weighted by molar-refractivity contribution is 7.85. The normalized spacial score (nSPS) is 16.6. The summed E-state index contributed by atoms with van der Waals surface area (Å²) in [6.45, 7) is 0.681. The van der Waals surface area contributed by atoms with Crippen molar-refractivity contribution in [3.8, 4) is 0 Å². The van der Waals surface area contributed by atoms with Crippen LogP contribution in [0.5, 0.6) is 0 Å². The van der Waals surface area contributed by atoms with E-state index in [9.17, 15) is 17.4 Å². The summed E-state index contributed by atoms with van der Waals surface area (Å²) >= 11 is 0. The van der Waals surface area contributed by atoms with Crippen molar-refractivity contribution in [3.05, 3.63) is 0 Å². The summed E-state index contributed by atoms with van der Waals surface area (Å²) in [6, 6.07) is 0. The molecule has 7 heteroatoms. The van der Waals surface area contributed by atoms with Crippen molar-refractivity contribution in [3.63, 3.8) is 0 Å². The predicted molar refractivity (Wildman–Crippen MR) is 48.1 cm³/mol. The lowest BCUT2D eigenvalue weighted by Crippen LogP contribution is -2.23. The fraction of sp³-hybridized carbons (Fsp3) is 1.00. The van der Waals surface area contributed by atoms with Gasteiger partial charge in [-0.3, -0.25) is 4.21 Å². The first-order valence-electron chi connectivity index (χ1n) is 4.08. The fourth-order valence-electron chi connectivity index (χ4n) is 0.722. The summed E-state index contributed by atoms with van der Waals surface area (Å²) in [5, 5.41) is -0.228. The molecular weight excluding hydrogens is 219 g/mol. The zero-order chi connectivity index (χ0) is 11.2. The monoisotopic (exact) mass is 233 g/mol. The van der Waals surface area contributed by atoms with Crippen molar-refractivity contribution >= 4 is 10.8 Å². The Bertz CT molecular complexity index is 186. The smallest absolute Gasteiger partial charge is 0.359 e. The summed E-state index contributed by atoms with van der Waals surface area (Å²) in [5.74, 6) is -0.388. The maximum absolute atomic E-state index is 11.6. The van der Waals surface area contributed by atoms with Gasteiger partial charge in [0.1, 0.15) is 12.5 Å². The van der Waals surface area contributed by atoms with Crippen LogP contribution >= 0.6 is 0 Å². The second kappa shape index (κ2) is 6.36. The van der Waals surface area contributed by atoms with Gasteiger partial charge in [0, 0.05) is 5.25 Å². The third kappa shape index (κ3) is 7.28. The number of ether oxygens (including phenoxy) is 1. The molecule has 0 heterocycles. The van der Waals surface area contributed by atoms with Gasteiger partial charge in [-0.2, -0.15) is 13.2 Å². The Hall–Kier alpha value is -0.140. The lowest BCUT2D eigenvalue weighted by atomic mass is 10.3. The van der Waals surface area contributed by atoms with E-state index >= 15 is 0 Å². The van der Waals surface area contributed by atoms with Crippen LogP contribution in [0.1, 0.15) is 13.3 Å². The van der Waals surface area contributed by atoms with Crippen LogP contribution in [0.25, 0.3) is 0 Å². The molecule has 2 N–H and O–H groups in total. The quantitative estimate of drug-likeness (QED) is 0.745. The minimum absolute atomic E-state index is 0.228.